The Labute approximate surface area is 158 Å². The summed E-state index contributed by atoms with van der Waals surface area (Å²) in [6.45, 7) is 4.57. The fourth-order valence-electron chi connectivity index (χ4n) is 2.80. The first kappa shape index (κ1) is 20.9. The van der Waals surface area contributed by atoms with Crippen LogP contribution in [0.1, 0.15) is 18.7 Å². The predicted octanol–water partition coefficient (Wildman–Crippen LogP) is 1.05. The summed E-state index contributed by atoms with van der Waals surface area (Å²) >= 11 is 0. The summed E-state index contributed by atoms with van der Waals surface area (Å²) in [5.74, 6) is -0.0365. The van der Waals surface area contributed by atoms with Gasteiger partial charge in [-0.2, -0.15) is 0 Å². The van der Waals surface area contributed by atoms with Crippen LogP contribution in [0, 0.1) is 0 Å². The van der Waals surface area contributed by atoms with Crippen LogP contribution in [0.4, 0.5) is 4.79 Å². The van der Waals surface area contributed by atoms with E-state index in [-0.39, 0.29) is 6.61 Å². The van der Waals surface area contributed by atoms with Gasteiger partial charge < -0.3 is 29.3 Å². The lowest BCUT2D eigenvalue weighted by Crippen LogP contribution is -2.49. The second-order valence-electron chi connectivity index (χ2n) is 5.92. The molecule has 0 aromatic carbocycles. The molecule has 1 aromatic heterocycles. The number of hydrogen-bond acceptors (Lipinski definition) is 7. The maximum Gasteiger partial charge on any atom is 0.338 e. The van der Waals surface area contributed by atoms with Crippen LogP contribution in [-0.4, -0.2) is 70.6 Å². The molecule has 1 unspecified atom stereocenters. The van der Waals surface area contributed by atoms with E-state index in [1.807, 2.05) is 4.90 Å². The van der Waals surface area contributed by atoms with Gasteiger partial charge in [0.1, 0.15) is 11.8 Å². The number of carbonyl (C=O) groups is 2. The monoisotopic (exact) mass is 381 g/mol. The zero-order valence-corrected chi connectivity index (χ0v) is 15.9. The Hall–Kier alpha value is -2.36. The van der Waals surface area contributed by atoms with Crippen molar-refractivity contribution < 1.29 is 28.2 Å². The van der Waals surface area contributed by atoms with E-state index >= 15 is 0 Å². The van der Waals surface area contributed by atoms with Crippen molar-refractivity contribution in [3.63, 3.8) is 0 Å². The van der Waals surface area contributed by atoms with Gasteiger partial charge in [-0.3, -0.25) is 4.90 Å². The summed E-state index contributed by atoms with van der Waals surface area (Å²) in [4.78, 5) is 26.9. The Bertz CT molecular complexity index is 636. The summed E-state index contributed by atoms with van der Waals surface area (Å²) < 4.78 is 20.9. The number of hydrogen-bond donors (Lipinski definition) is 2. The highest BCUT2D eigenvalue weighted by molar-refractivity contribution is 5.95. The molecule has 1 aliphatic heterocycles. The fourth-order valence-corrected chi connectivity index (χ4v) is 2.80. The first-order valence-corrected chi connectivity index (χ1v) is 8.82. The molecule has 0 radical (unpaired) electrons. The van der Waals surface area contributed by atoms with Gasteiger partial charge in [-0.25, -0.2) is 9.59 Å². The number of ether oxygens (including phenoxy) is 3. The third-order valence-electron chi connectivity index (χ3n) is 4.08. The molecule has 0 aliphatic carbocycles. The SMILES string of the molecule is CCOC(=O)C1=C(CN(CCOC)CCOC)NC(=O)NC1c1ccco1. The molecule has 1 atom stereocenters. The maximum atomic E-state index is 12.6. The summed E-state index contributed by atoms with van der Waals surface area (Å²) in [6.07, 6.45) is 1.50. The number of nitrogens with one attached hydrogen (secondary N) is 2. The van der Waals surface area contributed by atoms with E-state index in [0.717, 1.165) is 0 Å². The van der Waals surface area contributed by atoms with Crippen LogP contribution in [0.2, 0.25) is 0 Å². The van der Waals surface area contributed by atoms with Crippen LogP contribution in [0.3, 0.4) is 0 Å². The number of rotatable bonds is 11. The molecule has 1 aromatic rings. The van der Waals surface area contributed by atoms with Crippen molar-refractivity contribution in [1.29, 1.82) is 0 Å². The van der Waals surface area contributed by atoms with Crippen molar-refractivity contribution in [3.8, 4) is 0 Å². The predicted molar refractivity (Wildman–Crippen MR) is 97.0 cm³/mol. The number of methoxy groups -OCH3 is 2. The normalized spacial score (nSPS) is 17.0. The van der Waals surface area contributed by atoms with E-state index in [1.165, 1.54) is 6.26 Å². The highest BCUT2D eigenvalue weighted by Gasteiger charge is 2.35. The zero-order chi connectivity index (χ0) is 19.6. The molecule has 0 bridgehead atoms. The average molecular weight is 381 g/mol. The van der Waals surface area contributed by atoms with Gasteiger partial charge in [0.25, 0.3) is 0 Å². The van der Waals surface area contributed by atoms with Gasteiger partial charge in [0.2, 0.25) is 0 Å². The molecular weight excluding hydrogens is 354 g/mol. The molecule has 0 saturated heterocycles. The van der Waals surface area contributed by atoms with Crippen LogP contribution < -0.4 is 10.6 Å². The van der Waals surface area contributed by atoms with E-state index in [1.54, 1.807) is 33.3 Å². The Morgan fingerprint density at radius 2 is 1.96 bits per heavy atom. The Morgan fingerprint density at radius 1 is 1.26 bits per heavy atom. The molecule has 9 nitrogen and oxygen atoms in total. The third kappa shape index (κ3) is 5.81. The van der Waals surface area contributed by atoms with Crippen LogP contribution in [0.15, 0.2) is 34.1 Å². The Kier molecular flexibility index (Phi) is 8.31. The van der Waals surface area contributed by atoms with Crippen LogP contribution in [-0.2, 0) is 19.0 Å². The first-order chi connectivity index (χ1) is 13.1. The summed E-state index contributed by atoms with van der Waals surface area (Å²) in [7, 11) is 3.24. The number of furan rings is 1. The highest BCUT2D eigenvalue weighted by atomic mass is 16.5. The number of urea groups is 1. The van der Waals surface area contributed by atoms with Gasteiger partial charge in [-0.05, 0) is 19.1 Å². The van der Waals surface area contributed by atoms with Gasteiger partial charge in [0.05, 0.1) is 31.7 Å². The second kappa shape index (κ2) is 10.7. The third-order valence-corrected chi connectivity index (χ3v) is 4.08. The van der Waals surface area contributed by atoms with E-state index in [9.17, 15) is 9.59 Å². The van der Waals surface area contributed by atoms with Crippen molar-refractivity contribution in [1.82, 2.24) is 15.5 Å². The number of amides is 2. The van der Waals surface area contributed by atoms with Crippen molar-refractivity contribution in [2.45, 2.75) is 13.0 Å². The molecule has 2 heterocycles. The Morgan fingerprint density at radius 3 is 2.52 bits per heavy atom. The summed E-state index contributed by atoms with van der Waals surface area (Å²) in [5, 5.41) is 5.47. The molecular formula is C18H27N3O6. The lowest BCUT2D eigenvalue weighted by atomic mass is 10.00. The van der Waals surface area contributed by atoms with E-state index in [0.29, 0.717) is 49.9 Å². The van der Waals surface area contributed by atoms with Gasteiger partial charge in [0.15, 0.2) is 0 Å². The van der Waals surface area contributed by atoms with Crippen LogP contribution in [0.5, 0.6) is 0 Å². The largest absolute Gasteiger partial charge is 0.467 e. The minimum atomic E-state index is -0.713. The van der Waals surface area contributed by atoms with Gasteiger partial charge in [-0.15, -0.1) is 0 Å². The van der Waals surface area contributed by atoms with E-state index < -0.39 is 18.0 Å². The van der Waals surface area contributed by atoms with Crippen LogP contribution >= 0.6 is 0 Å². The van der Waals surface area contributed by atoms with Gasteiger partial charge >= 0.3 is 12.0 Å². The van der Waals surface area contributed by atoms with Gasteiger partial charge in [-0.1, -0.05) is 0 Å². The molecule has 1 aliphatic rings. The molecule has 2 amide bonds. The molecule has 0 spiro atoms. The summed E-state index contributed by atoms with van der Waals surface area (Å²) in [6, 6.07) is 2.29. The van der Waals surface area contributed by atoms with E-state index in [4.69, 9.17) is 18.6 Å². The minimum Gasteiger partial charge on any atom is -0.467 e. The molecule has 0 saturated carbocycles. The second-order valence-corrected chi connectivity index (χ2v) is 5.92. The molecule has 2 rings (SSSR count). The summed E-state index contributed by atoms with van der Waals surface area (Å²) in [5.41, 5.74) is 0.803. The molecule has 27 heavy (non-hydrogen) atoms. The quantitative estimate of drug-likeness (QED) is 0.552. The fraction of sp³-hybridized carbons (Fsp3) is 0.556. The zero-order valence-electron chi connectivity index (χ0n) is 15.9. The maximum absolute atomic E-state index is 12.6. The number of nitrogens with zero attached hydrogens (tertiary/aromatic N) is 1. The lowest BCUT2D eigenvalue weighted by Gasteiger charge is -2.31. The number of esters is 1. The molecule has 9 heteroatoms. The van der Waals surface area contributed by atoms with Crippen molar-refractivity contribution in [2.75, 3.05) is 53.7 Å². The highest BCUT2D eigenvalue weighted by Crippen LogP contribution is 2.28. The first-order valence-electron chi connectivity index (χ1n) is 8.82. The lowest BCUT2D eigenvalue weighted by molar-refractivity contribution is -0.139. The number of carbonyl (C=O) groups excluding carboxylic acids is 2. The van der Waals surface area contributed by atoms with Crippen LogP contribution in [0.25, 0.3) is 0 Å². The van der Waals surface area contributed by atoms with Crippen molar-refractivity contribution in [3.05, 3.63) is 35.4 Å². The topological polar surface area (TPSA) is 102 Å². The average Bonchev–Trinajstić information content (AvgIpc) is 3.18. The molecule has 150 valence electrons. The van der Waals surface area contributed by atoms with Gasteiger partial charge in [0, 0.05) is 39.6 Å². The standard InChI is InChI=1S/C18H27N3O6/c1-4-26-17(22)15-13(12-21(7-10-24-2)8-11-25-3)19-18(23)20-16(15)14-6-5-9-27-14/h5-6,9,16H,4,7-8,10-12H2,1-3H3,(H2,19,20,23). The smallest absolute Gasteiger partial charge is 0.338 e. The minimum absolute atomic E-state index is 0.228. The van der Waals surface area contributed by atoms with Crippen molar-refractivity contribution in [2.24, 2.45) is 0 Å². The van der Waals surface area contributed by atoms with E-state index in [2.05, 4.69) is 10.6 Å². The van der Waals surface area contributed by atoms with Crippen molar-refractivity contribution >= 4 is 12.0 Å². The Balaban J connectivity index is 2.35. The molecule has 0 fully saturated rings. The molecule has 2 N–H and O–H groups in total.